The second-order valence-corrected chi connectivity index (χ2v) is 2.04. The zero-order valence-corrected chi connectivity index (χ0v) is 5.15. The Kier molecular flexibility index (Phi) is 0.943. The van der Waals surface area contributed by atoms with Gasteiger partial charge in [-0.05, 0) is 0 Å². The average molecular weight is 135 g/mol. The van der Waals surface area contributed by atoms with Crippen LogP contribution in [0.1, 0.15) is 11.3 Å². The Bertz CT molecular complexity index is 295. The Morgan fingerprint density at radius 1 is 1.50 bits per heavy atom. The Hall–Kier alpha value is -1.45. The molecule has 4 nitrogen and oxygen atoms in total. The van der Waals surface area contributed by atoms with Crippen molar-refractivity contribution in [1.82, 2.24) is 9.97 Å². The molecular weight excluding hydrogens is 130 g/mol. The Morgan fingerprint density at radius 2 is 2.40 bits per heavy atom. The van der Waals surface area contributed by atoms with Gasteiger partial charge in [-0.25, -0.2) is 4.98 Å². The van der Waals surface area contributed by atoms with Crippen molar-refractivity contribution in [3.63, 3.8) is 0 Å². The van der Waals surface area contributed by atoms with Crippen LogP contribution >= 0.6 is 0 Å². The first-order valence-electron chi connectivity index (χ1n) is 2.91. The molecule has 0 aromatic carbocycles. The number of hydrogen-bond donors (Lipinski definition) is 1. The van der Waals surface area contributed by atoms with Crippen LogP contribution in [0.25, 0.3) is 0 Å². The molecule has 1 aromatic rings. The van der Waals surface area contributed by atoms with Crippen molar-refractivity contribution in [2.45, 2.75) is 6.54 Å². The quantitative estimate of drug-likeness (QED) is 0.549. The molecule has 1 aliphatic rings. The van der Waals surface area contributed by atoms with Gasteiger partial charge in [0.2, 0.25) is 0 Å². The van der Waals surface area contributed by atoms with Crippen LogP contribution in [0.3, 0.4) is 0 Å². The molecule has 0 amide bonds. The van der Waals surface area contributed by atoms with E-state index in [1.165, 1.54) is 0 Å². The predicted molar refractivity (Wildman–Crippen MR) is 35.0 cm³/mol. The van der Waals surface area contributed by atoms with Gasteiger partial charge in [-0.2, -0.15) is 4.98 Å². The van der Waals surface area contributed by atoms with Crippen molar-refractivity contribution in [2.75, 3.05) is 0 Å². The van der Waals surface area contributed by atoms with E-state index in [1.54, 1.807) is 12.4 Å². The van der Waals surface area contributed by atoms with E-state index >= 15 is 0 Å². The van der Waals surface area contributed by atoms with Crippen LogP contribution in [0.5, 0.6) is 6.01 Å². The summed E-state index contributed by atoms with van der Waals surface area (Å²) in [5.41, 5.74) is 1.70. The fourth-order valence-electron chi connectivity index (χ4n) is 0.881. The van der Waals surface area contributed by atoms with Gasteiger partial charge >= 0.3 is 6.01 Å². The van der Waals surface area contributed by atoms with Gasteiger partial charge in [0.25, 0.3) is 0 Å². The van der Waals surface area contributed by atoms with Crippen molar-refractivity contribution < 1.29 is 5.11 Å². The number of hydrogen-bond acceptors (Lipinski definition) is 4. The molecule has 50 valence electrons. The SMILES string of the molecule is Oc1ncc2c(n1)CN=C2. The van der Waals surface area contributed by atoms with Crippen LogP contribution in [0, 0.1) is 0 Å². The smallest absolute Gasteiger partial charge is 0.314 e. The van der Waals surface area contributed by atoms with Crippen LogP contribution in [-0.4, -0.2) is 21.3 Å². The van der Waals surface area contributed by atoms with E-state index in [4.69, 9.17) is 5.11 Å². The third kappa shape index (κ3) is 0.655. The summed E-state index contributed by atoms with van der Waals surface area (Å²) in [7, 11) is 0. The number of fused-ring (bicyclic) bond motifs is 1. The molecule has 0 aliphatic carbocycles. The summed E-state index contributed by atoms with van der Waals surface area (Å²) in [5, 5.41) is 8.82. The summed E-state index contributed by atoms with van der Waals surface area (Å²) >= 11 is 0. The van der Waals surface area contributed by atoms with Crippen molar-refractivity contribution in [1.29, 1.82) is 0 Å². The van der Waals surface area contributed by atoms with Crippen LogP contribution < -0.4 is 0 Å². The van der Waals surface area contributed by atoms with Crippen LogP contribution in [-0.2, 0) is 6.54 Å². The van der Waals surface area contributed by atoms with E-state index < -0.39 is 0 Å². The molecule has 2 rings (SSSR count). The topological polar surface area (TPSA) is 58.4 Å². The molecule has 0 saturated carbocycles. The summed E-state index contributed by atoms with van der Waals surface area (Å²) < 4.78 is 0. The lowest BCUT2D eigenvalue weighted by Crippen LogP contribution is -1.90. The zero-order valence-electron chi connectivity index (χ0n) is 5.15. The Labute approximate surface area is 57.3 Å². The average Bonchev–Trinajstić information content (AvgIpc) is 2.33. The molecule has 0 saturated heterocycles. The molecule has 10 heavy (non-hydrogen) atoms. The highest BCUT2D eigenvalue weighted by atomic mass is 16.3. The summed E-state index contributed by atoms with van der Waals surface area (Å²) in [6.07, 6.45) is 3.27. The molecule has 2 heterocycles. The van der Waals surface area contributed by atoms with Crippen LogP contribution in [0.2, 0.25) is 0 Å². The van der Waals surface area contributed by atoms with Crippen molar-refractivity contribution in [3.8, 4) is 6.01 Å². The molecule has 0 bridgehead atoms. The highest BCUT2D eigenvalue weighted by Crippen LogP contribution is 2.12. The monoisotopic (exact) mass is 135 g/mol. The van der Waals surface area contributed by atoms with Gasteiger partial charge in [-0.15, -0.1) is 0 Å². The van der Waals surface area contributed by atoms with Crippen molar-refractivity contribution >= 4 is 6.21 Å². The minimum absolute atomic E-state index is 0.177. The van der Waals surface area contributed by atoms with Gasteiger partial charge in [-0.1, -0.05) is 0 Å². The first-order valence-corrected chi connectivity index (χ1v) is 2.91. The van der Waals surface area contributed by atoms with Gasteiger partial charge < -0.3 is 5.11 Å². The first-order chi connectivity index (χ1) is 4.86. The van der Waals surface area contributed by atoms with E-state index in [1.807, 2.05) is 0 Å². The lowest BCUT2D eigenvalue weighted by molar-refractivity contribution is 0.428. The maximum atomic E-state index is 8.82. The van der Waals surface area contributed by atoms with Gasteiger partial charge in [0.15, 0.2) is 0 Å². The molecule has 1 N–H and O–H groups in total. The van der Waals surface area contributed by atoms with Gasteiger partial charge in [0.05, 0.1) is 12.2 Å². The normalized spacial score (nSPS) is 13.6. The van der Waals surface area contributed by atoms with E-state index in [2.05, 4.69) is 15.0 Å². The molecule has 1 aromatic heterocycles. The molecular formula is C6H5N3O. The number of nitrogens with zero attached hydrogens (tertiary/aromatic N) is 3. The fourth-order valence-corrected chi connectivity index (χ4v) is 0.881. The lowest BCUT2D eigenvalue weighted by Gasteiger charge is -1.93. The number of rotatable bonds is 0. The second-order valence-electron chi connectivity index (χ2n) is 2.04. The minimum Gasteiger partial charge on any atom is -0.479 e. The molecule has 4 heteroatoms. The Balaban J connectivity index is 2.59. The maximum absolute atomic E-state index is 8.82. The number of aromatic nitrogens is 2. The van der Waals surface area contributed by atoms with E-state index in [9.17, 15) is 0 Å². The lowest BCUT2D eigenvalue weighted by atomic mass is 10.3. The summed E-state index contributed by atoms with van der Waals surface area (Å²) in [6, 6.07) is -0.177. The van der Waals surface area contributed by atoms with Crippen molar-refractivity contribution in [3.05, 3.63) is 17.5 Å². The number of aliphatic imine (C=N–C) groups is 1. The zero-order chi connectivity index (χ0) is 6.97. The fraction of sp³-hybridized carbons (Fsp3) is 0.167. The van der Waals surface area contributed by atoms with Crippen LogP contribution in [0.15, 0.2) is 11.2 Å². The van der Waals surface area contributed by atoms with Gasteiger partial charge in [-0.3, -0.25) is 4.99 Å². The Morgan fingerprint density at radius 3 is 3.30 bits per heavy atom. The van der Waals surface area contributed by atoms with E-state index in [0.29, 0.717) is 6.54 Å². The van der Waals surface area contributed by atoms with E-state index in [-0.39, 0.29) is 6.01 Å². The summed E-state index contributed by atoms with van der Waals surface area (Å²) in [5.74, 6) is 0. The summed E-state index contributed by atoms with van der Waals surface area (Å²) in [6.45, 7) is 0.561. The third-order valence-electron chi connectivity index (χ3n) is 1.36. The largest absolute Gasteiger partial charge is 0.479 e. The highest BCUT2D eigenvalue weighted by Gasteiger charge is 2.07. The molecule has 0 spiro atoms. The third-order valence-corrected chi connectivity index (χ3v) is 1.36. The molecule has 0 atom stereocenters. The molecule has 0 fully saturated rings. The van der Waals surface area contributed by atoms with Gasteiger partial charge in [0, 0.05) is 18.0 Å². The molecule has 0 radical (unpaired) electrons. The van der Waals surface area contributed by atoms with Crippen LogP contribution in [0.4, 0.5) is 0 Å². The van der Waals surface area contributed by atoms with Crippen molar-refractivity contribution in [2.24, 2.45) is 4.99 Å². The summed E-state index contributed by atoms with van der Waals surface area (Å²) in [4.78, 5) is 11.3. The highest BCUT2D eigenvalue weighted by molar-refractivity contribution is 5.82. The maximum Gasteiger partial charge on any atom is 0.314 e. The standard InChI is InChI=1S/C6H5N3O/c10-6-8-2-4-1-7-3-5(4)9-6/h1-2H,3H2,(H,8,9,10). The predicted octanol–water partition coefficient (Wildman–Crippen LogP) is 0.115. The van der Waals surface area contributed by atoms with Gasteiger partial charge in [0.1, 0.15) is 0 Å². The molecule has 1 aliphatic heterocycles. The van der Waals surface area contributed by atoms with E-state index in [0.717, 1.165) is 11.3 Å². The molecule has 0 unspecified atom stereocenters. The number of aromatic hydroxyl groups is 1. The first kappa shape index (κ1) is 5.34. The second kappa shape index (κ2) is 1.76. The minimum atomic E-state index is -0.177.